The Bertz CT molecular complexity index is 641. The van der Waals surface area contributed by atoms with Gasteiger partial charge in [0.1, 0.15) is 0 Å². The topological polar surface area (TPSA) is 80.0 Å². The molecular weight excluding hydrogens is 358 g/mol. The number of ether oxygens (including phenoxy) is 4. The summed E-state index contributed by atoms with van der Waals surface area (Å²) in [5.74, 6) is 0.520. The fraction of sp³-hybridized carbons (Fsp3) is 0.955. The molecule has 0 aromatic heterocycles. The van der Waals surface area contributed by atoms with E-state index in [0.29, 0.717) is 37.4 Å². The molecule has 158 valence electrons. The van der Waals surface area contributed by atoms with Crippen LogP contribution in [0, 0.1) is 28.6 Å². The smallest absolute Gasteiger partial charge is 0.217 e. The maximum atomic E-state index is 11.7. The second-order valence-corrected chi connectivity index (χ2v) is 10.2. The summed E-state index contributed by atoms with van der Waals surface area (Å²) in [6, 6.07) is 0. The number of carbonyl (C=O) groups excluding carboxylic acids is 1. The standard InChI is InChI=1S/C22H35NO5/c1-19-7-4-16-15(17(19)5-10-22(19)27-13-14-28-22)3-9-21(25-11-12-26-21)20(16,2)8-6-18(23)24/h15-17H,3-14H2,1-2H3,(H2,23,24)/t15-,16+,17+,19+,20-/m1/s1. The fourth-order valence-corrected chi connectivity index (χ4v) is 7.98. The molecule has 6 nitrogen and oxygen atoms in total. The van der Waals surface area contributed by atoms with Crippen molar-refractivity contribution in [2.45, 2.75) is 76.8 Å². The molecule has 5 aliphatic rings. The summed E-state index contributed by atoms with van der Waals surface area (Å²) in [5, 5.41) is 0. The molecule has 0 unspecified atom stereocenters. The SMILES string of the molecule is C[C@]12CC[C@H]3[C@@H](CCC4(OCCO4)[C@]3(C)CCC(N)=O)[C@@H]1CCC21OCCO1. The van der Waals surface area contributed by atoms with Crippen molar-refractivity contribution in [3.8, 4) is 0 Å². The lowest BCUT2D eigenvalue weighted by molar-refractivity contribution is -0.302. The van der Waals surface area contributed by atoms with Crippen molar-refractivity contribution in [2.24, 2.45) is 34.3 Å². The highest BCUT2D eigenvalue weighted by Gasteiger charge is 2.70. The first-order chi connectivity index (χ1) is 13.4. The number of carbonyl (C=O) groups is 1. The van der Waals surface area contributed by atoms with Gasteiger partial charge in [-0.3, -0.25) is 4.79 Å². The Morgan fingerprint density at radius 3 is 2.07 bits per heavy atom. The molecule has 5 atom stereocenters. The Morgan fingerprint density at radius 1 is 0.857 bits per heavy atom. The Labute approximate surface area is 167 Å². The lowest BCUT2D eigenvalue weighted by Gasteiger charge is -2.61. The van der Waals surface area contributed by atoms with E-state index >= 15 is 0 Å². The number of hydrogen-bond acceptors (Lipinski definition) is 5. The van der Waals surface area contributed by atoms with Crippen molar-refractivity contribution in [3.63, 3.8) is 0 Å². The van der Waals surface area contributed by atoms with Crippen molar-refractivity contribution < 1.29 is 23.7 Å². The largest absolute Gasteiger partial charge is 0.370 e. The van der Waals surface area contributed by atoms with Crippen LogP contribution in [0.5, 0.6) is 0 Å². The predicted molar refractivity (Wildman–Crippen MR) is 102 cm³/mol. The third kappa shape index (κ3) is 2.38. The summed E-state index contributed by atoms with van der Waals surface area (Å²) in [4.78, 5) is 11.7. The highest BCUT2D eigenvalue weighted by molar-refractivity contribution is 5.73. The molecule has 0 radical (unpaired) electrons. The van der Waals surface area contributed by atoms with E-state index < -0.39 is 5.79 Å². The number of hydrogen-bond donors (Lipinski definition) is 1. The van der Waals surface area contributed by atoms with E-state index in [1.54, 1.807) is 0 Å². The molecule has 2 spiro atoms. The van der Waals surface area contributed by atoms with Gasteiger partial charge in [-0.1, -0.05) is 13.8 Å². The van der Waals surface area contributed by atoms with Crippen molar-refractivity contribution >= 4 is 5.91 Å². The minimum Gasteiger partial charge on any atom is -0.370 e. The van der Waals surface area contributed by atoms with Gasteiger partial charge in [-0.2, -0.15) is 0 Å². The second kappa shape index (κ2) is 6.40. The minimum absolute atomic E-state index is 0.0805. The van der Waals surface area contributed by atoms with Crippen LogP contribution in [0.2, 0.25) is 0 Å². The third-order valence-electron chi connectivity index (χ3n) is 9.37. The first-order valence-corrected chi connectivity index (χ1v) is 11.2. The van der Waals surface area contributed by atoms with Gasteiger partial charge in [0.05, 0.1) is 26.4 Å². The summed E-state index contributed by atoms with van der Waals surface area (Å²) in [7, 11) is 0. The maximum Gasteiger partial charge on any atom is 0.217 e. The van der Waals surface area contributed by atoms with Crippen molar-refractivity contribution in [2.75, 3.05) is 26.4 Å². The van der Waals surface area contributed by atoms with Crippen LogP contribution >= 0.6 is 0 Å². The molecule has 2 heterocycles. The Hall–Kier alpha value is -0.690. The predicted octanol–water partition coefficient (Wildman–Crippen LogP) is 2.98. The average molecular weight is 394 g/mol. The quantitative estimate of drug-likeness (QED) is 0.797. The molecule has 2 saturated heterocycles. The maximum absolute atomic E-state index is 11.7. The van der Waals surface area contributed by atoms with Gasteiger partial charge in [0.25, 0.3) is 0 Å². The molecule has 3 aliphatic carbocycles. The molecular formula is C22H35NO5. The van der Waals surface area contributed by atoms with E-state index in [-0.39, 0.29) is 22.5 Å². The van der Waals surface area contributed by atoms with Gasteiger partial charge in [-0.05, 0) is 49.9 Å². The zero-order chi connectivity index (χ0) is 19.6. The molecule has 1 amide bonds. The van der Waals surface area contributed by atoms with E-state index in [1.165, 1.54) is 0 Å². The number of amides is 1. The third-order valence-corrected chi connectivity index (χ3v) is 9.37. The molecule has 0 bridgehead atoms. The molecule has 28 heavy (non-hydrogen) atoms. The Kier molecular flexibility index (Phi) is 4.41. The molecule has 3 saturated carbocycles. The summed E-state index contributed by atoms with van der Waals surface area (Å²) >= 11 is 0. The molecule has 0 aromatic carbocycles. The van der Waals surface area contributed by atoms with Gasteiger partial charge < -0.3 is 24.7 Å². The molecule has 6 heteroatoms. The van der Waals surface area contributed by atoms with Gasteiger partial charge in [-0.15, -0.1) is 0 Å². The first-order valence-electron chi connectivity index (χ1n) is 11.2. The average Bonchev–Trinajstić information content (AvgIpc) is 3.39. The number of nitrogens with two attached hydrogens (primary N) is 1. The van der Waals surface area contributed by atoms with Gasteiger partial charge in [0, 0.05) is 30.1 Å². The normalized spacial score (nSPS) is 46.0. The van der Waals surface area contributed by atoms with Gasteiger partial charge in [0.15, 0.2) is 11.6 Å². The number of primary amides is 1. The van der Waals surface area contributed by atoms with E-state index in [0.717, 1.165) is 58.2 Å². The first kappa shape index (κ1) is 19.3. The van der Waals surface area contributed by atoms with Gasteiger partial charge in [0.2, 0.25) is 5.91 Å². The van der Waals surface area contributed by atoms with E-state index in [4.69, 9.17) is 24.7 Å². The lowest BCUT2D eigenvalue weighted by atomic mass is 9.47. The van der Waals surface area contributed by atoms with Crippen molar-refractivity contribution in [1.82, 2.24) is 0 Å². The fourth-order valence-electron chi connectivity index (χ4n) is 7.98. The van der Waals surface area contributed by atoms with Crippen LogP contribution in [0.15, 0.2) is 0 Å². The molecule has 0 aromatic rings. The monoisotopic (exact) mass is 393 g/mol. The zero-order valence-electron chi connectivity index (χ0n) is 17.3. The Morgan fingerprint density at radius 2 is 1.43 bits per heavy atom. The second-order valence-electron chi connectivity index (χ2n) is 10.2. The lowest BCUT2D eigenvalue weighted by Crippen LogP contribution is -2.62. The molecule has 2 N–H and O–H groups in total. The summed E-state index contributed by atoms with van der Waals surface area (Å²) in [6.07, 6.45) is 7.54. The summed E-state index contributed by atoms with van der Waals surface area (Å²) in [6.45, 7) is 7.44. The van der Waals surface area contributed by atoms with Gasteiger partial charge in [-0.25, -0.2) is 0 Å². The summed E-state index contributed by atoms with van der Waals surface area (Å²) in [5.41, 5.74) is 5.45. The minimum atomic E-state index is -0.548. The molecule has 2 aliphatic heterocycles. The van der Waals surface area contributed by atoms with Crippen molar-refractivity contribution in [1.29, 1.82) is 0 Å². The van der Waals surface area contributed by atoms with Crippen LogP contribution in [-0.4, -0.2) is 43.9 Å². The summed E-state index contributed by atoms with van der Waals surface area (Å²) < 4.78 is 25.1. The van der Waals surface area contributed by atoms with Crippen LogP contribution in [0.25, 0.3) is 0 Å². The van der Waals surface area contributed by atoms with Crippen LogP contribution in [0.1, 0.15) is 65.2 Å². The van der Waals surface area contributed by atoms with Gasteiger partial charge >= 0.3 is 0 Å². The van der Waals surface area contributed by atoms with E-state index in [9.17, 15) is 4.79 Å². The highest BCUT2D eigenvalue weighted by Crippen LogP contribution is 2.69. The number of rotatable bonds is 3. The van der Waals surface area contributed by atoms with Crippen LogP contribution in [0.3, 0.4) is 0 Å². The van der Waals surface area contributed by atoms with Crippen LogP contribution in [0.4, 0.5) is 0 Å². The van der Waals surface area contributed by atoms with Crippen molar-refractivity contribution in [3.05, 3.63) is 0 Å². The number of fused-ring (bicyclic) bond motifs is 4. The zero-order valence-corrected chi connectivity index (χ0v) is 17.3. The highest BCUT2D eigenvalue weighted by atomic mass is 16.7. The Balaban J connectivity index is 1.47. The van der Waals surface area contributed by atoms with Crippen LogP contribution in [-0.2, 0) is 23.7 Å². The van der Waals surface area contributed by atoms with E-state index in [1.807, 2.05) is 0 Å². The molecule has 5 fully saturated rings. The molecule has 5 rings (SSSR count). The van der Waals surface area contributed by atoms with Crippen LogP contribution < -0.4 is 5.73 Å². The van der Waals surface area contributed by atoms with E-state index in [2.05, 4.69) is 13.8 Å².